The quantitative estimate of drug-likeness (QED) is 0.0227. The van der Waals surface area contributed by atoms with E-state index in [9.17, 15) is 39.3 Å². The van der Waals surface area contributed by atoms with Gasteiger partial charge in [-0.2, -0.15) is 0 Å². The molecule has 4 rings (SSSR count). The maximum Gasteiger partial charge on any atom is 0.508 e. The van der Waals surface area contributed by atoms with Crippen LogP contribution in [0, 0.1) is 81.8 Å². The third-order valence-electron chi connectivity index (χ3n) is 18.5. The third kappa shape index (κ3) is 37.1. The summed E-state index contributed by atoms with van der Waals surface area (Å²) in [5.74, 6) is 5.44. The average Bonchev–Trinajstić information content (AvgIpc) is 2.92. The fourth-order valence-electron chi connectivity index (χ4n) is 12.4. The first-order valence-electron chi connectivity index (χ1n) is 34.2. The summed E-state index contributed by atoms with van der Waals surface area (Å²) >= 11 is 0. The molecule has 4 aliphatic rings. The molecule has 0 spiro atoms. The lowest BCUT2D eigenvalue weighted by atomic mass is 9.71. The van der Waals surface area contributed by atoms with Gasteiger partial charge in [-0.3, -0.25) is 0 Å². The highest BCUT2D eigenvalue weighted by Crippen LogP contribution is 2.41. The van der Waals surface area contributed by atoms with E-state index in [2.05, 4.69) is 97.9 Å². The van der Waals surface area contributed by atoms with Crippen molar-refractivity contribution in [3.8, 4) is 0 Å². The van der Waals surface area contributed by atoms with Crippen LogP contribution in [0.15, 0.2) is 0 Å². The summed E-state index contributed by atoms with van der Waals surface area (Å²) in [4.78, 5) is 57.7. The summed E-state index contributed by atoms with van der Waals surface area (Å²) < 4.78 is 46.5. The molecule has 22 nitrogen and oxygen atoms in total. The smallest absolute Gasteiger partial charge is 0.446 e. The number of hydrogen-bond acceptors (Lipinski definition) is 21. The van der Waals surface area contributed by atoms with E-state index < -0.39 is 47.8 Å². The molecule has 0 bridgehead atoms. The Bertz CT molecular complexity index is 1940. The Morgan fingerprint density at radius 2 is 0.934 bits per heavy atom. The highest BCUT2D eigenvalue weighted by molar-refractivity contribution is 5.67. The molecule has 0 radical (unpaired) electrons. The van der Waals surface area contributed by atoms with Crippen LogP contribution in [-0.2, 0) is 42.6 Å². The fourth-order valence-corrected chi connectivity index (χ4v) is 12.4. The van der Waals surface area contributed by atoms with Gasteiger partial charge in [-0.05, 0) is 160 Å². The van der Waals surface area contributed by atoms with E-state index in [1.165, 1.54) is 25.7 Å². The Morgan fingerprint density at radius 3 is 1.33 bits per heavy atom. The van der Waals surface area contributed by atoms with Gasteiger partial charge in [0.25, 0.3) is 0 Å². The Labute approximate surface area is 547 Å². The second kappa shape index (κ2) is 46.2. The largest absolute Gasteiger partial charge is 0.508 e. The van der Waals surface area contributed by atoms with Crippen LogP contribution in [0.2, 0.25) is 0 Å². The predicted octanol–water partition coefficient (Wildman–Crippen LogP) is 12.4. The summed E-state index contributed by atoms with van der Waals surface area (Å²) in [5.41, 5.74) is -1.14. The number of ether oxygens (including phenoxy) is 9. The number of aliphatic hydroxyl groups is 7. The molecule has 4 saturated carbocycles. The molecule has 0 aliphatic heterocycles. The number of alkyl carbamates (subject to hydrolysis) is 1. The molecule has 8 N–H and O–H groups in total. The van der Waals surface area contributed by atoms with Gasteiger partial charge in [-0.25, -0.2) is 24.0 Å². The Hall–Kier alpha value is -3.93. The number of unbranched alkanes of at least 4 members (excludes halogenated alkanes) is 1. The SMILES string of the molecule is CC(C)C(C)(OC(=O)OCCO)C(C)C.CC1CC(OC(=O)OCCO)CC(C)(C)C1.CC1CCC(C(C)C)C(OC(=O)NCCO)C1.CC1CCC(C(C)C)C(OC(=O)OCC(C)(CO)CO)C1.CC1CCC(C(C)C)C(OC(=O)OCC(O)CCCCO)C1. The molecular weight excluding hydrogens is 1180 g/mol. The van der Waals surface area contributed by atoms with Gasteiger partial charge in [-0.15, -0.1) is 0 Å². The number of nitrogens with one attached hydrogen (secondary N) is 1. The lowest BCUT2D eigenvalue weighted by Crippen LogP contribution is -2.42. The Balaban J connectivity index is 0.00000112. The third-order valence-corrected chi connectivity index (χ3v) is 18.5. The van der Waals surface area contributed by atoms with Gasteiger partial charge in [0.1, 0.15) is 56.4 Å². The first kappa shape index (κ1) is 87.1. The van der Waals surface area contributed by atoms with E-state index in [1.807, 2.05) is 34.6 Å². The van der Waals surface area contributed by atoms with Crippen molar-refractivity contribution in [2.75, 3.05) is 72.6 Å². The van der Waals surface area contributed by atoms with Crippen LogP contribution in [0.4, 0.5) is 24.0 Å². The van der Waals surface area contributed by atoms with Crippen LogP contribution in [-0.4, -0.2) is 175 Å². The molecule has 0 heterocycles. The van der Waals surface area contributed by atoms with E-state index in [-0.39, 0.29) is 114 Å². The van der Waals surface area contributed by atoms with Gasteiger partial charge in [0.05, 0.1) is 39.1 Å². The van der Waals surface area contributed by atoms with Crippen LogP contribution < -0.4 is 5.32 Å². The normalized spacial score (nSPS) is 25.1. The van der Waals surface area contributed by atoms with E-state index in [0.29, 0.717) is 78.4 Å². The Morgan fingerprint density at radius 1 is 0.505 bits per heavy atom. The van der Waals surface area contributed by atoms with Crippen LogP contribution in [0.1, 0.15) is 221 Å². The second-order valence-electron chi connectivity index (χ2n) is 29.4. The molecule has 12 unspecified atom stereocenters. The minimum absolute atomic E-state index is 0.00446. The van der Waals surface area contributed by atoms with Crippen LogP contribution >= 0.6 is 0 Å². The first-order valence-corrected chi connectivity index (χ1v) is 34.2. The van der Waals surface area contributed by atoms with Crippen LogP contribution in [0.3, 0.4) is 0 Å². The first-order chi connectivity index (χ1) is 42.6. The lowest BCUT2D eigenvalue weighted by molar-refractivity contribution is -0.0785. The van der Waals surface area contributed by atoms with Gasteiger partial charge in [0.15, 0.2) is 0 Å². The number of rotatable bonds is 26. The van der Waals surface area contributed by atoms with Gasteiger partial charge in [-0.1, -0.05) is 137 Å². The topological polar surface area (TPSA) is 322 Å². The maximum atomic E-state index is 11.9. The standard InChI is InChI=1S/C17H32O5.C16H30O5.C13H25NO3.C12H22O4.C11H22O4/c1-12(2)15-8-7-13(3)10-16(15)22-17(20)21-11-14(19)6-4-5-9-18;1-11(2)13-6-5-12(3)7-14(13)21-15(19)20-10-16(4,8-17)9-18;1-9(2)11-5-4-10(3)8-12(11)17-13(16)14-6-7-15;1-9-6-10(8-12(2,3)7-9)16-11(14)15-5-4-13;1-8(2)11(5,9(3)4)15-10(13)14-7-6-12/h12-16,18-19H,4-11H2,1-3H3;11-14,17-18H,5-10H2,1-4H3;9-12,15H,4-8H2,1-3H3,(H,14,16);9-10,13H,4-8H2,1-3H3;8-9,12H,6-7H2,1-5H3. The van der Waals surface area contributed by atoms with Crippen LogP contribution in [0.5, 0.6) is 0 Å². The maximum absolute atomic E-state index is 11.9. The number of hydrogen-bond donors (Lipinski definition) is 8. The van der Waals surface area contributed by atoms with Gasteiger partial charge in [0, 0.05) is 18.6 Å². The van der Waals surface area contributed by atoms with Gasteiger partial charge in [0.2, 0.25) is 0 Å². The zero-order valence-electron chi connectivity index (χ0n) is 59.5. The van der Waals surface area contributed by atoms with Crippen molar-refractivity contribution in [1.29, 1.82) is 0 Å². The van der Waals surface area contributed by atoms with Crippen molar-refractivity contribution in [3.05, 3.63) is 0 Å². The molecule has 0 aromatic rings. The summed E-state index contributed by atoms with van der Waals surface area (Å²) in [6.07, 6.45) is 10.4. The molecule has 0 aromatic heterocycles. The van der Waals surface area contributed by atoms with Gasteiger partial charge >= 0.3 is 30.7 Å². The van der Waals surface area contributed by atoms with Crippen molar-refractivity contribution in [2.24, 2.45) is 81.8 Å². The monoisotopic (exact) mass is 1310 g/mol. The molecule has 1 amide bonds. The Kier molecular flexibility index (Phi) is 44.2. The minimum Gasteiger partial charge on any atom is -0.446 e. The molecule has 4 fully saturated rings. The zero-order chi connectivity index (χ0) is 69.7. The summed E-state index contributed by atoms with van der Waals surface area (Å²) in [7, 11) is 0. The molecular formula is C69H131NO21. The average molecular weight is 1310 g/mol. The van der Waals surface area contributed by atoms with Crippen LogP contribution in [0.25, 0.3) is 0 Å². The van der Waals surface area contributed by atoms with E-state index in [1.54, 1.807) is 6.92 Å². The van der Waals surface area contributed by atoms with Crippen molar-refractivity contribution < 1.29 is 102 Å². The van der Waals surface area contributed by atoms with Gasteiger partial charge < -0.3 is 83.7 Å². The number of amides is 1. The molecule has 91 heavy (non-hydrogen) atoms. The van der Waals surface area contributed by atoms with Crippen molar-refractivity contribution in [1.82, 2.24) is 5.32 Å². The highest BCUT2D eigenvalue weighted by atomic mass is 16.7. The zero-order valence-corrected chi connectivity index (χ0v) is 59.5. The number of carbonyl (C=O) groups excluding carboxylic acids is 5. The van der Waals surface area contributed by atoms with E-state index >= 15 is 0 Å². The highest BCUT2D eigenvalue weighted by Gasteiger charge is 2.39. The van der Waals surface area contributed by atoms with E-state index in [0.717, 1.165) is 51.4 Å². The molecule has 22 heteroatoms. The molecule has 0 aromatic carbocycles. The van der Waals surface area contributed by atoms with E-state index in [4.69, 9.17) is 53.6 Å². The van der Waals surface area contributed by atoms with Crippen molar-refractivity contribution in [2.45, 2.75) is 257 Å². The summed E-state index contributed by atoms with van der Waals surface area (Å²) in [6.45, 7) is 37.0. The molecule has 12 atom stereocenters. The summed E-state index contributed by atoms with van der Waals surface area (Å²) in [6, 6.07) is 0. The fraction of sp³-hybridized carbons (Fsp3) is 0.928. The predicted molar refractivity (Wildman–Crippen MR) is 349 cm³/mol. The van der Waals surface area contributed by atoms with Crippen molar-refractivity contribution in [3.63, 3.8) is 0 Å². The minimum atomic E-state index is -0.823. The number of aliphatic hydroxyl groups excluding tert-OH is 7. The number of carbonyl (C=O) groups is 5. The molecule has 0 saturated heterocycles. The summed E-state index contributed by atoms with van der Waals surface area (Å²) in [5, 5.41) is 64.9. The molecule has 4 aliphatic carbocycles. The molecule has 538 valence electrons. The second-order valence-corrected chi connectivity index (χ2v) is 29.4. The lowest BCUT2D eigenvalue weighted by Gasteiger charge is -2.38. The van der Waals surface area contributed by atoms with Crippen molar-refractivity contribution >= 4 is 30.7 Å².